The third-order valence-corrected chi connectivity index (χ3v) is 7.48. The van der Waals surface area contributed by atoms with Gasteiger partial charge >= 0.3 is 0 Å². The molecule has 0 saturated carbocycles. The molecule has 4 fully saturated rings. The van der Waals surface area contributed by atoms with Crippen LogP contribution in [0.4, 0.5) is 5.82 Å². The maximum absolute atomic E-state index is 12.8. The van der Waals surface area contributed by atoms with Crippen molar-refractivity contribution in [3.05, 3.63) is 48.2 Å². The van der Waals surface area contributed by atoms with E-state index in [1.54, 1.807) is 11.8 Å². The molecule has 1 amide bonds. The highest BCUT2D eigenvalue weighted by Gasteiger charge is 2.39. The van der Waals surface area contributed by atoms with Crippen LogP contribution in [-0.2, 0) is 4.74 Å². The Morgan fingerprint density at radius 3 is 2.39 bits per heavy atom. The van der Waals surface area contributed by atoms with E-state index in [0.717, 1.165) is 67.8 Å². The monoisotopic (exact) mass is 439 g/mol. The van der Waals surface area contributed by atoms with Gasteiger partial charge in [-0.2, -0.15) is 0 Å². The number of benzene rings is 1. The third kappa shape index (κ3) is 4.57. The number of anilines is 1. The van der Waals surface area contributed by atoms with Crippen molar-refractivity contribution in [2.45, 2.75) is 28.8 Å². The normalized spacial score (nSPS) is 26.1. The fourth-order valence-corrected chi connectivity index (χ4v) is 5.44. The van der Waals surface area contributed by atoms with Gasteiger partial charge in [0.1, 0.15) is 5.82 Å². The van der Waals surface area contributed by atoms with Crippen molar-refractivity contribution in [2.24, 2.45) is 5.92 Å². The molecule has 1 aromatic heterocycles. The number of hydrogen-bond acceptors (Lipinski definition) is 7. The van der Waals surface area contributed by atoms with E-state index in [9.17, 15) is 4.79 Å². The SMILES string of the molecule is CN1[C@@H](NC(=O)c2ccc(Sc3ccc(N4CCOCC4)nc3)cc2)C2CCN1CC2. The van der Waals surface area contributed by atoms with Crippen LogP contribution >= 0.6 is 11.8 Å². The first-order chi connectivity index (χ1) is 15.2. The zero-order valence-corrected chi connectivity index (χ0v) is 18.7. The molecular formula is C23H29N5O2S. The maximum atomic E-state index is 12.8. The molecule has 4 saturated heterocycles. The van der Waals surface area contributed by atoms with Gasteiger partial charge in [0, 0.05) is 54.8 Å². The van der Waals surface area contributed by atoms with Crippen molar-refractivity contribution >= 4 is 23.5 Å². The van der Waals surface area contributed by atoms with Gasteiger partial charge < -0.3 is 15.0 Å². The van der Waals surface area contributed by atoms with Gasteiger partial charge in [-0.25, -0.2) is 15.0 Å². The predicted octanol–water partition coefficient (Wildman–Crippen LogP) is 2.70. The molecule has 4 aliphatic heterocycles. The first-order valence-electron chi connectivity index (χ1n) is 11.0. The smallest absolute Gasteiger partial charge is 0.252 e. The summed E-state index contributed by atoms with van der Waals surface area (Å²) < 4.78 is 5.40. The van der Waals surface area contributed by atoms with E-state index in [-0.39, 0.29) is 12.1 Å². The van der Waals surface area contributed by atoms with Gasteiger partial charge in [0.25, 0.3) is 5.91 Å². The lowest BCUT2D eigenvalue weighted by Crippen LogP contribution is -2.65. The molecule has 1 aromatic carbocycles. The number of nitrogens with one attached hydrogen (secondary N) is 1. The number of morpholine rings is 1. The van der Waals surface area contributed by atoms with Gasteiger partial charge in [0.05, 0.1) is 19.4 Å². The summed E-state index contributed by atoms with van der Waals surface area (Å²) in [7, 11) is 2.08. The molecule has 164 valence electrons. The van der Waals surface area contributed by atoms with Crippen LogP contribution in [0.25, 0.3) is 0 Å². The molecular weight excluding hydrogens is 410 g/mol. The van der Waals surface area contributed by atoms with Crippen molar-refractivity contribution in [3.8, 4) is 0 Å². The number of carbonyl (C=O) groups excluding carboxylic acids is 1. The second kappa shape index (κ2) is 9.16. The summed E-state index contributed by atoms with van der Waals surface area (Å²) in [5.74, 6) is 1.54. The number of amides is 1. The summed E-state index contributed by atoms with van der Waals surface area (Å²) in [6, 6.07) is 12.0. The highest BCUT2D eigenvalue weighted by Crippen LogP contribution is 2.31. The van der Waals surface area contributed by atoms with Crippen LogP contribution in [0.2, 0.25) is 0 Å². The Morgan fingerprint density at radius 1 is 1.03 bits per heavy atom. The van der Waals surface area contributed by atoms with Crippen molar-refractivity contribution in [1.82, 2.24) is 20.3 Å². The highest BCUT2D eigenvalue weighted by atomic mass is 32.2. The number of carbonyl (C=O) groups is 1. The van der Waals surface area contributed by atoms with Crippen LogP contribution in [-0.4, -0.2) is 73.5 Å². The number of pyridine rings is 1. The molecule has 0 radical (unpaired) electrons. The summed E-state index contributed by atoms with van der Waals surface area (Å²) in [5, 5.41) is 7.78. The fourth-order valence-electron chi connectivity index (χ4n) is 4.65. The lowest BCUT2D eigenvalue weighted by Gasteiger charge is -2.51. The topological polar surface area (TPSA) is 60.9 Å². The van der Waals surface area contributed by atoms with Crippen molar-refractivity contribution in [1.29, 1.82) is 0 Å². The van der Waals surface area contributed by atoms with E-state index in [2.05, 4.69) is 44.4 Å². The Labute approximate surface area is 187 Å². The molecule has 0 spiro atoms. The fraction of sp³-hybridized carbons (Fsp3) is 0.478. The minimum atomic E-state index is -0.00122. The van der Waals surface area contributed by atoms with E-state index >= 15 is 0 Å². The van der Waals surface area contributed by atoms with Gasteiger partial charge in [-0.1, -0.05) is 11.8 Å². The molecule has 1 atom stereocenters. The molecule has 0 unspecified atom stereocenters. The summed E-state index contributed by atoms with van der Waals surface area (Å²) in [5.41, 5.74) is 0.704. The Balaban J connectivity index is 1.18. The summed E-state index contributed by atoms with van der Waals surface area (Å²) >= 11 is 1.66. The zero-order valence-electron chi connectivity index (χ0n) is 17.9. The van der Waals surface area contributed by atoms with E-state index < -0.39 is 0 Å². The van der Waals surface area contributed by atoms with Crippen molar-refractivity contribution in [2.75, 3.05) is 51.3 Å². The Bertz CT molecular complexity index is 891. The van der Waals surface area contributed by atoms with E-state index in [1.807, 2.05) is 30.5 Å². The number of ether oxygens (including phenoxy) is 1. The first kappa shape index (κ1) is 20.8. The summed E-state index contributed by atoms with van der Waals surface area (Å²) in [6.07, 6.45) is 4.33. The van der Waals surface area contributed by atoms with Gasteiger partial charge in [-0.15, -0.1) is 0 Å². The molecule has 6 rings (SSSR count). The minimum absolute atomic E-state index is 0.00122. The Kier molecular flexibility index (Phi) is 6.13. The molecule has 2 bridgehead atoms. The van der Waals surface area contributed by atoms with Crippen LogP contribution in [0.15, 0.2) is 52.4 Å². The largest absolute Gasteiger partial charge is 0.378 e. The average molecular weight is 440 g/mol. The molecule has 7 nitrogen and oxygen atoms in total. The number of aromatic nitrogens is 1. The van der Waals surface area contributed by atoms with E-state index in [4.69, 9.17) is 4.74 Å². The number of hydrazine groups is 1. The summed E-state index contributed by atoms with van der Waals surface area (Å²) in [6.45, 7) is 5.49. The molecule has 2 aromatic rings. The maximum Gasteiger partial charge on any atom is 0.252 e. The Morgan fingerprint density at radius 2 is 1.74 bits per heavy atom. The number of rotatable bonds is 5. The van der Waals surface area contributed by atoms with Crippen LogP contribution < -0.4 is 10.2 Å². The van der Waals surface area contributed by atoms with Gasteiger partial charge in [0.2, 0.25) is 0 Å². The molecule has 31 heavy (non-hydrogen) atoms. The molecule has 5 heterocycles. The highest BCUT2D eigenvalue weighted by molar-refractivity contribution is 7.99. The van der Waals surface area contributed by atoms with Crippen LogP contribution in [0.3, 0.4) is 0 Å². The zero-order chi connectivity index (χ0) is 21.2. The second-order valence-electron chi connectivity index (χ2n) is 8.36. The van der Waals surface area contributed by atoms with Crippen LogP contribution in [0, 0.1) is 5.92 Å². The first-order valence-corrected chi connectivity index (χ1v) is 11.8. The number of fused-ring (bicyclic) bond motifs is 3. The molecule has 8 heteroatoms. The number of nitrogens with zero attached hydrogens (tertiary/aromatic N) is 4. The van der Waals surface area contributed by atoms with Crippen molar-refractivity contribution in [3.63, 3.8) is 0 Å². The Hall–Kier alpha value is -2.13. The predicted molar refractivity (Wildman–Crippen MR) is 121 cm³/mol. The van der Waals surface area contributed by atoms with Gasteiger partial charge in [0.15, 0.2) is 0 Å². The lowest BCUT2D eigenvalue weighted by molar-refractivity contribution is -0.141. The van der Waals surface area contributed by atoms with Crippen LogP contribution in [0.1, 0.15) is 23.2 Å². The number of hydrogen-bond donors (Lipinski definition) is 1. The van der Waals surface area contributed by atoms with E-state index in [1.165, 1.54) is 0 Å². The second-order valence-corrected chi connectivity index (χ2v) is 9.51. The minimum Gasteiger partial charge on any atom is -0.378 e. The molecule has 0 aliphatic carbocycles. The quantitative estimate of drug-likeness (QED) is 0.769. The van der Waals surface area contributed by atoms with Crippen molar-refractivity contribution < 1.29 is 9.53 Å². The number of piperidine rings is 1. The standard InChI is InChI=1S/C23H29N5O2S/c1-26-22(17-8-10-28(26)11-9-17)25-23(29)18-2-4-19(5-3-18)31-20-6-7-21(24-16-20)27-12-14-30-15-13-27/h2-7,16-17,22H,8-15H2,1H3,(H,25,29)/t22-/m1/s1. The third-order valence-electron chi connectivity index (χ3n) is 6.50. The molecule has 1 N–H and O–H groups in total. The average Bonchev–Trinajstić information content (AvgIpc) is 2.83. The lowest BCUT2D eigenvalue weighted by atomic mass is 9.91. The molecule has 4 aliphatic rings. The summed E-state index contributed by atoms with van der Waals surface area (Å²) in [4.78, 5) is 21.8. The van der Waals surface area contributed by atoms with Crippen LogP contribution in [0.5, 0.6) is 0 Å². The van der Waals surface area contributed by atoms with Gasteiger partial charge in [-0.3, -0.25) is 4.79 Å². The van der Waals surface area contributed by atoms with Gasteiger partial charge in [-0.05, 0) is 55.2 Å². The van der Waals surface area contributed by atoms with E-state index in [0.29, 0.717) is 11.5 Å².